The van der Waals surface area contributed by atoms with E-state index in [0.29, 0.717) is 28.0 Å². The fraction of sp³-hybridized carbons (Fsp3) is 0.154. The quantitative estimate of drug-likeness (QED) is 0.429. The lowest BCUT2D eigenvalue weighted by atomic mass is 10.1. The van der Waals surface area contributed by atoms with Gasteiger partial charge in [-0.1, -0.05) is 42.5 Å². The van der Waals surface area contributed by atoms with Crippen molar-refractivity contribution in [3.8, 4) is 22.6 Å². The minimum absolute atomic E-state index is 0.167. The average molecular weight is 445 g/mol. The molecule has 1 amide bonds. The molecule has 1 atom stereocenters. The summed E-state index contributed by atoms with van der Waals surface area (Å²) in [5.74, 6) is 0.705. The van der Waals surface area contributed by atoms with Gasteiger partial charge in [-0.05, 0) is 35.4 Å². The second-order valence-electron chi connectivity index (χ2n) is 7.37. The molecule has 7 nitrogen and oxygen atoms in total. The van der Waals surface area contributed by atoms with Gasteiger partial charge in [0.05, 0.1) is 30.7 Å². The molecule has 168 valence electrons. The molecular formula is C26H23NO6. The smallest absolute Gasteiger partial charge is 0.258 e. The zero-order valence-electron chi connectivity index (χ0n) is 18.0. The third-order valence-corrected chi connectivity index (χ3v) is 5.24. The molecule has 0 aliphatic rings. The van der Waals surface area contributed by atoms with E-state index in [4.69, 9.17) is 13.9 Å². The van der Waals surface area contributed by atoms with Gasteiger partial charge in [-0.25, -0.2) is 0 Å². The summed E-state index contributed by atoms with van der Waals surface area (Å²) < 4.78 is 16.4. The Hall–Kier alpha value is -4.10. The van der Waals surface area contributed by atoms with Gasteiger partial charge in [-0.15, -0.1) is 0 Å². The molecule has 7 heteroatoms. The Morgan fingerprint density at radius 1 is 1.03 bits per heavy atom. The molecule has 1 aromatic heterocycles. The number of carbonyl (C=O) groups is 1. The zero-order chi connectivity index (χ0) is 23.2. The van der Waals surface area contributed by atoms with Gasteiger partial charge in [0.2, 0.25) is 0 Å². The highest BCUT2D eigenvalue weighted by Crippen LogP contribution is 2.24. The number of rotatable bonds is 8. The molecule has 0 saturated carbocycles. The second kappa shape index (κ2) is 10.0. The maximum Gasteiger partial charge on any atom is 0.258 e. The van der Waals surface area contributed by atoms with Crippen LogP contribution in [0.5, 0.6) is 11.5 Å². The van der Waals surface area contributed by atoms with E-state index in [1.165, 1.54) is 6.26 Å². The molecule has 0 spiro atoms. The first-order valence-electron chi connectivity index (χ1n) is 10.4. The minimum atomic E-state index is -0.520. The first kappa shape index (κ1) is 22.1. The number of fused-ring (bicyclic) bond motifs is 1. The van der Waals surface area contributed by atoms with Crippen molar-refractivity contribution >= 4 is 16.9 Å². The summed E-state index contributed by atoms with van der Waals surface area (Å²) in [7, 11) is 1.58. The van der Waals surface area contributed by atoms with Crippen molar-refractivity contribution < 1.29 is 23.8 Å². The zero-order valence-corrected chi connectivity index (χ0v) is 18.0. The number of nitrogens with one attached hydrogen (secondary N) is 1. The lowest BCUT2D eigenvalue weighted by molar-refractivity contribution is -0.124. The minimum Gasteiger partial charge on any atom is -0.497 e. The first-order valence-corrected chi connectivity index (χ1v) is 10.4. The molecule has 4 rings (SSSR count). The van der Waals surface area contributed by atoms with E-state index in [-0.39, 0.29) is 24.5 Å². The summed E-state index contributed by atoms with van der Waals surface area (Å²) >= 11 is 0. The lowest BCUT2D eigenvalue weighted by Crippen LogP contribution is -2.34. The Morgan fingerprint density at radius 3 is 2.45 bits per heavy atom. The van der Waals surface area contributed by atoms with E-state index in [9.17, 15) is 14.7 Å². The molecule has 33 heavy (non-hydrogen) atoms. The van der Waals surface area contributed by atoms with Crippen LogP contribution >= 0.6 is 0 Å². The number of ether oxygens (including phenoxy) is 2. The van der Waals surface area contributed by atoms with Crippen LogP contribution in [-0.2, 0) is 4.79 Å². The van der Waals surface area contributed by atoms with Crippen LogP contribution in [0.3, 0.4) is 0 Å². The number of methoxy groups -OCH3 is 1. The number of aliphatic hydroxyl groups is 1. The predicted molar refractivity (Wildman–Crippen MR) is 124 cm³/mol. The van der Waals surface area contributed by atoms with Crippen molar-refractivity contribution in [2.75, 3.05) is 20.3 Å². The SMILES string of the molecule is COc1ccc(-c2coc3cc(OCC(=O)N[C@H](CO)c4ccccc4)ccc3c2=O)cc1. The Bertz CT molecular complexity index is 1300. The summed E-state index contributed by atoms with van der Waals surface area (Å²) in [5.41, 5.74) is 2.15. The topological polar surface area (TPSA) is 98.0 Å². The van der Waals surface area contributed by atoms with E-state index in [2.05, 4.69) is 5.32 Å². The van der Waals surface area contributed by atoms with Crippen molar-refractivity contribution in [1.82, 2.24) is 5.32 Å². The van der Waals surface area contributed by atoms with Crippen LogP contribution in [0.1, 0.15) is 11.6 Å². The number of aliphatic hydroxyl groups excluding tert-OH is 1. The molecule has 3 aromatic carbocycles. The number of hydrogen-bond acceptors (Lipinski definition) is 6. The van der Waals surface area contributed by atoms with E-state index < -0.39 is 6.04 Å². The van der Waals surface area contributed by atoms with Crippen molar-refractivity contribution in [2.45, 2.75) is 6.04 Å². The molecule has 0 radical (unpaired) electrons. The summed E-state index contributed by atoms with van der Waals surface area (Å²) in [6.45, 7) is -0.476. The monoisotopic (exact) mass is 445 g/mol. The Balaban J connectivity index is 1.46. The fourth-order valence-electron chi connectivity index (χ4n) is 3.47. The highest BCUT2D eigenvalue weighted by Gasteiger charge is 2.15. The van der Waals surface area contributed by atoms with Crippen LogP contribution in [0.25, 0.3) is 22.1 Å². The standard InChI is InChI=1S/C26H23NO6/c1-31-19-9-7-17(8-10-19)22-15-33-24-13-20(11-12-21(24)26(22)30)32-16-25(29)27-23(14-28)18-5-3-2-4-6-18/h2-13,15,23,28H,14,16H2,1H3,(H,27,29)/t23-/m1/s1. The maximum absolute atomic E-state index is 12.9. The normalized spacial score (nSPS) is 11.7. The fourth-order valence-corrected chi connectivity index (χ4v) is 3.47. The van der Waals surface area contributed by atoms with Crippen LogP contribution in [0.15, 0.2) is 88.3 Å². The molecule has 1 heterocycles. The Labute approximate surface area is 190 Å². The highest BCUT2D eigenvalue weighted by molar-refractivity contribution is 5.83. The molecule has 4 aromatic rings. The molecule has 0 unspecified atom stereocenters. The third-order valence-electron chi connectivity index (χ3n) is 5.24. The number of amides is 1. The van der Waals surface area contributed by atoms with Crippen LogP contribution in [0.2, 0.25) is 0 Å². The predicted octanol–water partition coefficient (Wildman–Crippen LogP) is 3.70. The molecule has 0 aliphatic carbocycles. The summed E-state index contributed by atoms with van der Waals surface area (Å²) in [6.07, 6.45) is 1.41. The van der Waals surface area contributed by atoms with Crippen LogP contribution in [0.4, 0.5) is 0 Å². The third kappa shape index (κ3) is 5.05. The molecule has 0 fully saturated rings. The van der Waals surface area contributed by atoms with Gasteiger partial charge >= 0.3 is 0 Å². The summed E-state index contributed by atoms with van der Waals surface area (Å²) in [6, 6.07) is 20.6. The van der Waals surface area contributed by atoms with Gasteiger partial charge in [-0.2, -0.15) is 0 Å². The average Bonchev–Trinajstić information content (AvgIpc) is 2.87. The van der Waals surface area contributed by atoms with Crippen molar-refractivity contribution in [2.24, 2.45) is 0 Å². The maximum atomic E-state index is 12.9. The van der Waals surface area contributed by atoms with Gasteiger partial charge in [0, 0.05) is 6.07 Å². The highest BCUT2D eigenvalue weighted by atomic mass is 16.5. The Morgan fingerprint density at radius 2 is 1.76 bits per heavy atom. The van der Waals surface area contributed by atoms with E-state index in [1.54, 1.807) is 49.6 Å². The van der Waals surface area contributed by atoms with Crippen molar-refractivity contribution in [3.63, 3.8) is 0 Å². The van der Waals surface area contributed by atoms with Gasteiger partial charge in [0.1, 0.15) is 23.3 Å². The lowest BCUT2D eigenvalue weighted by Gasteiger charge is -2.17. The van der Waals surface area contributed by atoms with Gasteiger partial charge in [-0.3, -0.25) is 9.59 Å². The Kier molecular flexibility index (Phi) is 6.71. The van der Waals surface area contributed by atoms with Crippen LogP contribution in [0, 0.1) is 0 Å². The summed E-state index contributed by atoms with van der Waals surface area (Å²) in [5, 5.41) is 12.7. The number of benzene rings is 3. The van der Waals surface area contributed by atoms with E-state index >= 15 is 0 Å². The largest absolute Gasteiger partial charge is 0.497 e. The second-order valence-corrected chi connectivity index (χ2v) is 7.37. The van der Waals surface area contributed by atoms with Crippen LogP contribution < -0.4 is 20.2 Å². The van der Waals surface area contributed by atoms with E-state index in [1.807, 2.05) is 30.3 Å². The van der Waals surface area contributed by atoms with Crippen LogP contribution in [-0.4, -0.2) is 31.3 Å². The van der Waals surface area contributed by atoms with Gasteiger partial charge in [0.15, 0.2) is 12.0 Å². The van der Waals surface area contributed by atoms with Crippen molar-refractivity contribution in [3.05, 3.63) is 94.8 Å². The van der Waals surface area contributed by atoms with Gasteiger partial charge in [0.25, 0.3) is 5.91 Å². The van der Waals surface area contributed by atoms with E-state index in [0.717, 1.165) is 11.1 Å². The molecule has 2 N–H and O–H groups in total. The molecule has 0 aliphatic heterocycles. The summed E-state index contributed by atoms with van der Waals surface area (Å²) in [4.78, 5) is 25.2. The number of carbonyl (C=O) groups excluding carboxylic acids is 1. The molecular weight excluding hydrogens is 422 g/mol. The number of hydrogen-bond donors (Lipinski definition) is 2. The molecule has 0 saturated heterocycles. The van der Waals surface area contributed by atoms with Crippen molar-refractivity contribution in [1.29, 1.82) is 0 Å². The van der Waals surface area contributed by atoms with Gasteiger partial charge < -0.3 is 24.3 Å². The molecule has 0 bridgehead atoms. The first-order chi connectivity index (χ1) is 16.1.